The lowest BCUT2D eigenvalue weighted by atomic mass is 10.0. The molecule has 84 valence electrons. The largest absolute Gasteiger partial charge is 0.194 e. The van der Waals surface area contributed by atoms with Gasteiger partial charge in [0.15, 0.2) is 0 Å². The van der Waals surface area contributed by atoms with Crippen molar-refractivity contribution >= 4 is 23.1 Å². The standard InChI is InChI=1S/C15H13NS/c17-12-16-15-9-5-4-8-14(15)11-10-13-6-2-1-3-7-13/h1-9H,10-11H2. The van der Waals surface area contributed by atoms with Crippen molar-refractivity contribution in [2.24, 2.45) is 4.99 Å². The molecule has 0 fully saturated rings. The highest BCUT2D eigenvalue weighted by molar-refractivity contribution is 7.78. The molecule has 0 aromatic heterocycles. The van der Waals surface area contributed by atoms with Crippen molar-refractivity contribution in [3.8, 4) is 0 Å². The zero-order valence-electron chi connectivity index (χ0n) is 9.47. The number of hydrogen-bond donors (Lipinski definition) is 0. The zero-order valence-corrected chi connectivity index (χ0v) is 10.3. The Labute approximate surface area is 107 Å². The smallest absolute Gasteiger partial charge is 0.0771 e. The van der Waals surface area contributed by atoms with Crippen LogP contribution in [-0.2, 0) is 12.8 Å². The first-order chi connectivity index (χ1) is 8.40. The minimum Gasteiger partial charge on any atom is -0.194 e. The van der Waals surface area contributed by atoms with Crippen LogP contribution in [0.3, 0.4) is 0 Å². The summed E-state index contributed by atoms with van der Waals surface area (Å²) in [7, 11) is 0. The van der Waals surface area contributed by atoms with Crippen molar-refractivity contribution in [3.05, 3.63) is 65.7 Å². The molecule has 1 nitrogen and oxygen atoms in total. The Hall–Kier alpha value is -1.76. The fraction of sp³-hybridized carbons (Fsp3) is 0.133. The predicted octanol–water partition coefficient (Wildman–Crippen LogP) is 4.21. The van der Waals surface area contributed by atoms with Crippen molar-refractivity contribution in [1.82, 2.24) is 0 Å². The summed E-state index contributed by atoms with van der Waals surface area (Å²) in [6.07, 6.45) is 1.99. The van der Waals surface area contributed by atoms with E-state index in [0.29, 0.717) is 0 Å². The third-order valence-corrected chi connectivity index (χ3v) is 2.77. The highest BCUT2D eigenvalue weighted by Gasteiger charge is 2.00. The van der Waals surface area contributed by atoms with Gasteiger partial charge in [-0.1, -0.05) is 48.5 Å². The molecular formula is C15H13NS. The van der Waals surface area contributed by atoms with E-state index in [4.69, 9.17) is 0 Å². The molecule has 0 aliphatic rings. The number of rotatable bonds is 4. The summed E-state index contributed by atoms with van der Waals surface area (Å²) in [5.74, 6) is 0. The lowest BCUT2D eigenvalue weighted by molar-refractivity contribution is 0.960. The third-order valence-electron chi connectivity index (χ3n) is 2.68. The molecule has 0 atom stereocenters. The molecule has 0 aliphatic carbocycles. The van der Waals surface area contributed by atoms with Gasteiger partial charge in [0.2, 0.25) is 0 Å². The van der Waals surface area contributed by atoms with Crippen LogP contribution in [0, 0.1) is 0 Å². The average Bonchev–Trinajstić information content (AvgIpc) is 2.39. The van der Waals surface area contributed by atoms with Gasteiger partial charge >= 0.3 is 0 Å². The molecule has 0 saturated heterocycles. The number of nitrogens with zero attached hydrogens (tertiary/aromatic N) is 1. The molecule has 0 unspecified atom stereocenters. The highest BCUT2D eigenvalue weighted by atomic mass is 32.1. The van der Waals surface area contributed by atoms with Crippen molar-refractivity contribution in [2.45, 2.75) is 12.8 Å². The van der Waals surface area contributed by atoms with Crippen molar-refractivity contribution < 1.29 is 0 Å². The van der Waals surface area contributed by atoms with E-state index in [1.165, 1.54) is 11.1 Å². The molecule has 2 rings (SSSR count). The lowest BCUT2D eigenvalue weighted by Crippen LogP contribution is -1.91. The van der Waals surface area contributed by atoms with Crippen LogP contribution >= 0.6 is 12.2 Å². The van der Waals surface area contributed by atoms with Crippen LogP contribution in [0.5, 0.6) is 0 Å². The van der Waals surface area contributed by atoms with E-state index in [1.807, 2.05) is 24.3 Å². The van der Waals surface area contributed by atoms with Gasteiger partial charge in [-0.05, 0) is 42.3 Å². The Bertz CT molecular complexity index is 528. The number of benzene rings is 2. The van der Waals surface area contributed by atoms with Gasteiger partial charge < -0.3 is 0 Å². The molecule has 0 bridgehead atoms. The van der Waals surface area contributed by atoms with Gasteiger partial charge in [-0.15, -0.1) is 0 Å². The van der Waals surface area contributed by atoms with Gasteiger partial charge in [0.25, 0.3) is 0 Å². The van der Waals surface area contributed by atoms with E-state index in [9.17, 15) is 0 Å². The maximum absolute atomic E-state index is 4.65. The quantitative estimate of drug-likeness (QED) is 0.575. The summed E-state index contributed by atoms with van der Waals surface area (Å²) in [6.45, 7) is 0. The summed E-state index contributed by atoms with van der Waals surface area (Å²) >= 11 is 4.65. The van der Waals surface area contributed by atoms with E-state index in [0.717, 1.165) is 18.5 Å². The van der Waals surface area contributed by atoms with Crippen molar-refractivity contribution in [2.75, 3.05) is 0 Å². The molecule has 0 amide bonds. The first-order valence-corrected chi connectivity index (χ1v) is 6.00. The summed E-state index contributed by atoms with van der Waals surface area (Å²) < 4.78 is 0. The maximum atomic E-state index is 4.65. The van der Waals surface area contributed by atoms with Crippen molar-refractivity contribution in [3.63, 3.8) is 0 Å². The first kappa shape index (κ1) is 11.7. The van der Waals surface area contributed by atoms with Crippen LogP contribution in [0.2, 0.25) is 0 Å². The second-order valence-electron chi connectivity index (χ2n) is 3.82. The fourth-order valence-electron chi connectivity index (χ4n) is 1.80. The van der Waals surface area contributed by atoms with Gasteiger partial charge in [-0.25, -0.2) is 0 Å². The predicted molar refractivity (Wildman–Crippen MR) is 75.0 cm³/mol. The molecule has 17 heavy (non-hydrogen) atoms. The van der Waals surface area contributed by atoms with Crippen LogP contribution in [-0.4, -0.2) is 5.16 Å². The molecular weight excluding hydrogens is 226 g/mol. The number of aliphatic imine (C=N–C) groups is 1. The van der Waals surface area contributed by atoms with Gasteiger partial charge in [0.1, 0.15) is 0 Å². The Balaban J connectivity index is 2.11. The number of aryl methyl sites for hydroxylation is 2. The van der Waals surface area contributed by atoms with Crippen LogP contribution in [0.15, 0.2) is 59.6 Å². The SMILES string of the molecule is S=C=Nc1ccccc1CCc1ccccc1. The minimum atomic E-state index is 0.929. The van der Waals surface area contributed by atoms with E-state index >= 15 is 0 Å². The van der Waals surface area contributed by atoms with Gasteiger partial charge in [0.05, 0.1) is 10.8 Å². The van der Waals surface area contributed by atoms with E-state index in [2.05, 4.69) is 52.7 Å². The van der Waals surface area contributed by atoms with Gasteiger partial charge in [-0.3, -0.25) is 0 Å². The monoisotopic (exact) mass is 239 g/mol. The normalized spacial score (nSPS) is 9.65. The molecule has 0 aliphatic heterocycles. The maximum Gasteiger partial charge on any atom is 0.0771 e. The van der Waals surface area contributed by atoms with Crippen LogP contribution < -0.4 is 0 Å². The van der Waals surface area contributed by atoms with Crippen LogP contribution in [0.25, 0.3) is 0 Å². The van der Waals surface area contributed by atoms with Crippen molar-refractivity contribution in [1.29, 1.82) is 0 Å². The highest BCUT2D eigenvalue weighted by Crippen LogP contribution is 2.19. The molecule has 2 heteroatoms. The Morgan fingerprint density at radius 1 is 0.882 bits per heavy atom. The fourth-order valence-corrected chi connectivity index (χ4v) is 1.90. The second-order valence-corrected chi connectivity index (χ2v) is 4.00. The van der Waals surface area contributed by atoms with E-state index in [1.54, 1.807) is 0 Å². The number of para-hydroxylation sites is 1. The van der Waals surface area contributed by atoms with E-state index in [-0.39, 0.29) is 0 Å². The molecule has 2 aromatic carbocycles. The summed E-state index contributed by atoms with van der Waals surface area (Å²) in [5.41, 5.74) is 3.49. The van der Waals surface area contributed by atoms with Crippen LogP contribution in [0.1, 0.15) is 11.1 Å². The molecule has 0 radical (unpaired) electrons. The molecule has 0 saturated carbocycles. The third kappa shape index (κ3) is 3.35. The molecule has 0 heterocycles. The summed E-state index contributed by atoms with van der Waals surface area (Å²) in [5, 5.41) is 2.43. The number of isothiocyanates is 1. The minimum absolute atomic E-state index is 0.929. The topological polar surface area (TPSA) is 12.4 Å². The van der Waals surface area contributed by atoms with Gasteiger partial charge in [0, 0.05) is 0 Å². The Kier molecular flexibility index (Phi) is 4.20. The zero-order chi connectivity index (χ0) is 11.9. The average molecular weight is 239 g/mol. The van der Waals surface area contributed by atoms with Gasteiger partial charge in [-0.2, -0.15) is 4.99 Å². The lowest BCUT2D eigenvalue weighted by Gasteiger charge is -2.04. The number of thiocarbonyl (C=S) groups is 1. The van der Waals surface area contributed by atoms with E-state index < -0.39 is 0 Å². The first-order valence-electron chi connectivity index (χ1n) is 5.60. The molecule has 2 aromatic rings. The summed E-state index contributed by atoms with van der Waals surface area (Å²) in [6, 6.07) is 18.5. The van der Waals surface area contributed by atoms with Crippen LogP contribution in [0.4, 0.5) is 5.69 Å². The number of hydrogen-bond acceptors (Lipinski definition) is 2. The second kappa shape index (κ2) is 6.09. The molecule has 0 N–H and O–H groups in total. The Morgan fingerprint density at radius 3 is 2.35 bits per heavy atom. The Morgan fingerprint density at radius 2 is 1.59 bits per heavy atom. The molecule has 0 spiro atoms. The summed E-state index contributed by atoms with van der Waals surface area (Å²) in [4.78, 5) is 4.08.